The van der Waals surface area contributed by atoms with Gasteiger partial charge in [-0.15, -0.1) is 0 Å². The number of aromatic nitrogens is 2. The molecule has 0 fully saturated rings. The minimum atomic E-state index is -0.720. The lowest BCUT2D eigenvalue weighted by Crippen LogP contribution is -2.14. The molecular weight excluding hydrogens is 356 g/mol. The van der Waals surface area contributed by atoms with Crippen LogP contribution in [0.5, 0.6) is 0 Å². The van der Waals surface area contributed by atoms with Gasteiger partial charge < -0.3 is 13.8 Å². The minimum Gasteiger partial charge on any atom is -0.451 e. The van der Waals surface area contributed by atoms with Crippen molar-refractivity contribution in [3.8, 4) is 5.69 Å². The van der Waals surface area contributed by atoms with Gasteiger partial charge in [0.15, 0.2) is 6.61 Å². The number of ether oxygens (including phenoxy) is 1. The van der Waals surface area contributed by atoms with Gasteiger partial charge in [0, 0.05) is 33.7 Å². The number of nitrogens with zero attached hydrogens (tertiary/aromatic N) is 2. The number of ketones is 1. The van der Waals surface area contributed by atoms with Gasteiger partial charge in [0.25, 0.3) is 0 Å². The zero-order valence-electron chi connectivity index (χ0n) is 14.6. The van der Waals surface area contributed by atoms with Gasteiger partial charge in [-0.2, -0.15) is 0 Å². The van der Waals surface area contributed by atoms with Crippen LogP contribution in [0.3, 0.4) is 0 Å². The number of carbonyl (C=O) groups excluding carboxylic acids is 2. The second-order valence-corrected chi connectivity index (χ2v) is 6.37. The molecule has 2 aromatic heterocycles. The zero-order valence-corrected chi connectivity index (χ0v) is 15.3. The summed E-state index contributed by atoms with van der Waals surface area (Å²) in [7, 11) is 0. The molecular formula is C19H17ClN2O4. The van der Waals surface area contributed by atoms with Crippen LogP contribution in [0.4, 0.5) is 0 Å². The number of esters is 1. The van der Waals surface area contributed by atoms with Gasteiger partial charge in [-0.25, -0.2) is 4.79 Å². The second kappa shape index (κ2) is 7.17. The number of Topliss-reactive ketones (excluding diaryl/α,β-unsaturated/α-hetero) is 1. The Morgan fingerprint density at radius 1 is 1.19 bits per heavy atom. The van der Waals surface area contributed by atoms with E-state index in [0.29, 0.717) is 16.3 Å². The van der Waals surface area contributed by atoms with Crippen LogP contribution in [0.15, 0.2) is 40.9 Å². The molecule has 0 aliphatic heterocycles. The molecule has 7 heteroatoms. The van der Waals surface area contributed by atoms with Crippen LogP contribution < -0.4 is 0 Å². The molecule has 0 amide bonds. The quantitative estimate of drug-likeness (QED) is 0.498. The Hall–Kier alpha value is -2.86. The Morgan fingerprint density at radius 3 is 2.62 bits per heavy atom. The lowest BCUT2D eigenvalue weighted by atomic mass is 10.1. The molecule has 0 saturated carbocycles. The molecule has 0 unspecified atom stereocenters. The smallest absolute Gasteiger partial charge is 0.377 e. The van der Waals surface area contributed by atoms with Crippen molar-refractivity contribution >= 4 is 23.4 Å². The average Bonchev–Trinajstić information content (AvgIpc) is 3.15. The van der Waals surface area contributed by atoms with E-state index in [4.69, 9.17) is 20.9 Å². The summed E-state index contributed by atoms with van der Waals surface area (Å²) in [4.78, 5) is 24.4. The lowest BCUT2D eigenvalue weighted by Gasteiger charge is -2.10. The molecule has 6 nitrogen and oxygen atoms in total. The molecule has 2 heterocycles. The van der Waals surface area contributed by atoms with Crippen LogP contribution in [0.2, 0.25) is 5.02 Å². The third-order valence-corrected chi connectivity index (χ3v) is 4.20. The summed E-state index contributed by atoms with van der Waals surface area (Å²) in [6, 6.07) is 10.6. The topological polar surface area (TPSA) is 74.3 Å². The number of hydrogen-bond donors (Lipinski definition) is 0. The molecule has 0 saturated heterocycles. The summed E-state index contributed by atoms with van der Waals surface area (Å²) in [6.45, 7) is 5.05. The van der Waals surface area contributed by atoms with Crippen molar-refractivity contribution in [2.75, 3.05) is 6.61 Å². The molecule has 0 N–H and O–H groups in total. The second-order valence-electron chi connectivity index (χ2n) is 5.93. The molecule has 1 aromatic carbocycles. The van der Waals surface area contributed by atoms with Crippen LogP contribution in [-0.2, 0) is 4.74 Å². The monoisotopic (exact) mass is 372 g/mol. The predicted molar refractivity (Wildman–Crippen MR) is 96.1 cm³/mol. The summed E-state index contributed by atoms with van der Waals surface area (Å²) < 4.78 is 11.8. The van der Waals surface area contributed by atoms with Gasteiger partial charge in [0.05, 0.1) is 5.69 Å². The van der Waals surface area contributed by atoms with Gasteiger partial charge in [0.2, 0.25) is 11.5 Å². The van der Waals surface area contributed by atoms with Crippen molar-refractivity contribution < 1.29 is 18.8 Å². The SMILES string of the molecule is Cc1cc(C(=O)OCC(=O)c2cc(C)n(-c3cccc(Cl)c3)c2C)on1. The highest BCUT2D eigenvalue weighted by atomic mass is 35.5. The van der Waals surface area contributed by atoms with Crippen LogP contribution in [0.25, 0.3) is 5.69 Å². The Kier molecular flexibility index (Phi) is 4.95. The molecule has 0 aliphatic carbocycles. The minimum absolute atomic E-state index is 0.0281. The molecule has 0 atom stereocenters. The van der Waals surface area contributed by atoms with E-state index in [2.05, 4.69) is 5.16 Å². The molecule has 0 aliphatic rings. The first-order valence-corrected chi connectivity index (χ1v) is 8.33. The fraction of sp³-hybridized carbons (Fsp3) is 0.211. The lowest BCUT2D eigenvalue weighted by molar-refractivity contribution is 0.0435. The van der Waals surface area contributed by atoms with E-state index in [1.807, 2.05) is 36.6 Å². The van der Waals surface area contributed by atoms with E-state index in [-0.39, 0.29) is 18.2 Å². The molecule has 0 bridgehead atoms. The Balaban J connectivity index is 1.78. The number of halogens is 1. The van der Waals surface area contributed by atoms with E-state index in [1.165, 1.54) is 6.07 Å². The average molecular weight is 373 g/mol. The number of hydrogen-bond acceptors (Lipinski definition) is 5. The van der Waals surface area contributed by atoms with Crippen LogP contribution in [-0.4, -0.2) is 28.1 Å². The first-order valence-electron chi connectivity index (χ1n) is 7.95. The van der Waals surface area contributed by atoms with Crippen LogP contribution in [0.1, 0.15) is 38.0 Å². The summed E-state index contributed by atoms with van der Waals surface area (Å²) in [6.07, 6.45) is 0. The van der Waals surface area contributed by atoms with Crippen LogP contribution >= 0.6 is 11.6 Å². The van der Waals surface area contributed by atoms with E-state index in [9.17, 15) is 9.59 Å². The van der Waals surface area contributed by atoms with Gasteiger partial charge in [0.1, 0.15) is 0 Å². The van der Waals surface area contributed by atoms with Gasteiger partial charge in [-0.3, -0.25) is 4.79 Å². The maximum absolute atomic E-state index is 12.5. The van der Waals surface area contributed by atoms with Gasteiger partial charge in [-0.1, -0.05) is 22.8 Å². The highest BCUT2D eigenvalue weighted by molar-refractivity contribution is 6.30. The first kappa shape index (κ1) is 17.9. The highest BCUT2D eigenvalue weighted by Gasteiger charge is 2.20. The fourth-order valence-electron chi connectivity index (χ4n) is 2.80. The largest absolute Gasteiger partial charge is 0.451 e. The number of aryl methyl sites for hydroxylation is 2. The Bertz CT molecular complexity index is 987. The van der Waals surface area contributed by atoms with Gasteiger partial charge >= 0.3 is 5.97 Å². The molecule has 3 rings (SSSR count). The van der Waals surface area contributed by atoms with E-state index in [1.54, 1.807) is 19.1 Å². The summed E-state index contributed by atoms with van der Waals surface area (Å²) in [5.41, 5.74) is 3.55. The summed E-state index contributed by atoms with van der Waals surface area (Å²) in [5, 5.41) is 4.23. The highest BCUT2D eigenvalue weighted by Crippen LogP contribution is 2.23. The summed E-state index contributed by atoms with van der Waals surface area (Å²) in [5.74, 6) is -1.04. The fourth-order valence-corrected chi connectivity index (χ4v) is 2.98. The predicted octanol–water partition coefficient (Wildman–Crippen LogP) is 4.08. The maximum Gasteiger partial charge on any atom is 0.377 e. The van der Waals surface area contributed by atoms with Crippen molar-refractivity contribution in [3.63, 3.8) is 0 Å². The molecule has 0 spiro atoms. The number of rotatable bonds is 5. The third kappa shape index (κ3) is 3.55. The van der Waals surface area contributed by atoms with Crippen molar-refractivity contribution in [1.82, 2.24) is 9.72 Å². The van der Waals surface area contributed by atoms with Gasteiger partial charge in [-0.05, 0) is 45.0 Å². The van der Waals surface area contributed by atoms with E-state index < -0.39 is 5.97 Å². The van der Waals surface area contributed by atoms with Crippen molar-refractivity contribution in [2.45, 2.75) is 20.8 Å². The molecule has 3 aromatic rings. The third-order valence-electron chi connectivity index (χ3n) is 3.96. The van der Waals surface area contributed by atoms with Crippen LogP contribution in [0, 0.1) is 20.8 Å². The normalized spacial score (nSPS) is 10.8. The summed E-state index contributed by atoms with van der Waals surface area (Å²) >= 11 is 6.06. The number of benzene rings is 1. The number of carbonyl (C=O) groups is 2. The Morgan fingerprint density at radius 2 is 1.96 bits per heavy atom. The Labute approximate surface area is 155 Å². The van der Waals surface area contributed by atoms with Crippen molar-refractivity contribution in [2.24, 2.45) is 0 Å². The standard InChI is InChI=1S/C19H17ClN2O4/c1-11-7-18(26-21-11)19(24)25-10-17(23)16-8-12(2)22(13(16)3)15-6-4-5-14(20)9-15/h4-9H,10H2,1-3H3. The van der Waals surface area contributed by atoms with Crippen molar-refractivity contribution in [3.05, 3.63) is 69.8 Å². The van der Waals surface area contributed by atoms with E-state index >= 15 is 0 Å². The first-order chi connectivity index (χ1) is 12.4. The molecule has 26 heavy (non-hydrogen) atoms. The van der Waals surface area contributed by atoms with E-state index in [0.717, 1.165) is 17.1 Å². The molecule has 134 valence electrons. The van der Waals surface area contributed by atoms with Crippen molar-refractivity contribution in [1.29, 1.82) is 0 Å². The maximum atomic E-state index is 12.5. The zero-order chi connectivity index (χ0) is 18.8. The molecule has 0 radical (unpaired) electrons.